The molecule has 1 N–H and O–H groups in total. The summed E-state index contributed by atoms with van der Waals surface area (Å²) >= 11 is 0. The molecular formula is C8H16F3NO3S. The molecular weight excluding hydrogens is 247 g/mol. The Morgan fingerprint density at radius 3 is 2.31 bits per heavy atom. The van der Waals surface area contributed by atoms with Gasteiger partial charge in [-0.15, -0.1) is 0 Å². The second kappa shape index (κ2) is 6.41. The molecule has 8 heteroatoms. The fourth-order valence-corrected chi connectivity index (χ4v) is 1.65. The lowest BCUT2D eigenvalue weighted by Gasteiger charge is -2.09. The minimum Gasteiger partial charge on any atom is -0.287 e. The van der Waals surface area contributed by atoms with Gasteiger partial charge in [0.1, 0.15) is 0 Å². The molecule has 0 saturated heterocycles. The predicted octanol–water partition coefficient (Wildman–Crippen LogP) is 1.84. The lowest BCUT2D eigenvalue weighted by molar-refractivity contribution is -0.134. The van der Waals surface area contributed by atoms with Gasteiger partial charge in [0.25, 0.3) is 0 Å². The van der Waals surface area contributed by atoms with Gasteiger partial charge in [-0.25, -0.2) is 8.42 Å². The molecule has 0 aromatic rings. The molecule has 0 amide bonds. The Kier molecular flexibility index (Phi) is 6.27. The average molecular weight is 263 g/mol. The second-order valence-electron chi connectivity index (χ2n) is 3.83. The van der Waals surface area contributed by atoms with Crippen LogP contribution in [-0.4, -0.2) is 27.0 Å². The molecule has 0 unspecified atom stereocenters. The van der Waals surface area contributed by atoms with Crippen LogP contribution < -0.4 is 4.89 Å². The lowest BCUT2D eigenvalue weighted by Crippen LogP contribution is -2.28. The smallest absolute Gasteiger partial charge is 0.287 e. The molecule has 0 spiro atoms. The summed E-state index contributed by atoms with van der Waals surface area (Å²) in [4.78, 5) is 6.40. The van der Waals surface area contributed by atoms with Crippen molar-refractivity contribution in [2.24, 2.45) is 5.92 Å². The van der Waals surface area contributed by atoms with Crippen molar-refractivity contribution in [3.05, 3.63) is 0 Å². The summed E-state index contributed by atoms with van der Waals surface area (Å²) in [5.41, 5.74) is 0. The minimum absolute atomic E-state index is 0.137. The van der Waals surface area contributed by atoms with Crippen LogP contribution in [0.25, 0.3) is 0 Å². The highest BCUT2D eigenvalue weighted by molar-refractivity contribution is 7.89. The summed E-state index contributed by atoms with van der Waals surface area (Å²) in [6.45, 7) is 3.81. The van der Waals surface area contributed by atoms with Gasteiger partial charge < -0.3 is 0 Å². The molecule has 0 bridgehead atoms. The van der Waals surface area contributed by atoms with Crippen LogP contribution >= 0.6 is 0 Å². The first kappa shape index (κ1) is 15.7. The second-order valence-corrected chi connectivity index (χ2v) is 5.63. The molecule has 0 atom stereocenters. The number of sulfonamides is 1. The third-order valence-corrected chi connectivity index (χ3v) is 2.67. The van der Waals surface area contributed by atoms with E-state index in [-0.39, 0.29) is 12.5 Å². The zero-order valence-electron chi connectivity index (χ0n) is 9.17. The van der Waals surface area contributed by atoms with E-state index in [9.17, 15) is 21.6 Å². The van der Waals surface area contributed by atoms with E-state index in [1.54, 1.807) is 4.89 Å². The number of rotatable bonds is 7. The molecule has 0 heterocycles. The van der Waals surface area contributed by atoms with Crippen molar-refractivity contribution in [3.8, 4) is 0 Å². The van der Waals surface area contributed by atoms with E-state index < -0.39 is 34.8 Å². The Balaban J connectivity index is 3.80. The molecule has 0 aliphatic rings. The fraction of sp³-hybridized carbons (Fsp3) is 1.00. The van der Waals surface area contributed by atoms with Crippen molar-refractivity contribution in [1.29, 1.82) is 0 Å². The zero-order valence-corrected chi connectivity index (χ0v) is 9.99. The Morgan fingerprint density at radius 1 is 1.31 bits per heavy atom. The number of hydrogen-bond acceptors (Lipinski definition) is 3. The number of halogens is 3. The summed E-state index contributed by atoms with van der Waals surface area (Å²) < 4.78 is 57.4. The van der Waals surface area contributed by atoms with Gasteiger partial charge in [-0.2, -0.15) is 13.2 Å². The summed E-state index contributed by atoms with van der Waals surface area (Å²) in [5.74, 6) is -0.456. The van der Waals surface area contributed by atoms with Gasteiger partial charge in [-0.3, -0.25) is 4.84 Å². The van der Waals surface area contributed by atoms with E-state index in [0.29, 0.717) is 0 Å². The standard InChI is InChI=1S/C8H16F3NO3S/c1-7(2)6-15-12-16(13,14)5-3-4-8(9,10)11/h7,12H,3-6H2,1-2H3. The topological polar surface area (TPSA) is 55.4 Å². The van der Waals surface area contributed by atoms with Gasteiger partial charge in [0.2, 0.25) is 10.0 Å². The van der Waals surface area contributed by atoms with E-state index in [1.807, 2.05) is 13.8 Å². The van der Waals surface area contributed by atoms with Gasteiger partial charge >= 0.3 is 6.18 Å². The Labute approximate surface area is 93.2 Å². The van der Waals surface area contributed by atoms with Crippen LogP contribution in [0.3, 0.4) is 0 Å². The summed E-state index contributed by atoms with van der Waals surface area (Å²) in [7, 11) is -3.77. The highest BCUT2D eigenvalue weighted by atomic mass is 32.2. The summed E-state index contributed by atoms with van der Waals surface area (Å²) in [5, 5.41) is 0. The maximum Gasteiger partial charge on any atom is 0.389 e. The van der Waals surface area contributed by atoms with Gasteiger partial charge in [0, 0.05) is 6.42 Å². The molecule has 0 radical (unpaired) electrons. The lowest BCUT2D eigenvalue weighted by atomic mass is 10.2. The first-order valence-corrected chi connectivity index (χ1v) is 6.45. The number of hydrogen-bond donors (Lipinski definition) is 1. The van der Waals surface area contributed by atoms with Crippen LogP contribution in [0, 0.1) is 5.92 Å². The van der Waals surface area contributed by atoms with Crippen molar-refractivity contribution >= 4 is 10.0 Å². The molecule has 4 nitrogen and oxygen atoms in total. The van der Waals surface area contributed by atoms with Crippen LogP contribution in [0.15, 0.2) is 0 Å². The Morgan fingerprint density at radius 2 is 1.88 bits per heavy atom. The molecule has 16 heavy (non-hydrogen) atoms. The number of nitrogens with one attached hydrogen (secondary N) is 1. The van der Waals surface area contributed by atoms with E-state index in [2.05, 4.69) is 4.84 Å². The third kappa shape index (κ3) is 10.2. The molecule has 0 aliphatic heterocycles. The predicted molar refractivity (Wildman–Crippen MR) is 53.0 cm³/mol. The van der Waals surface area contributed by atoms with Crippen LogP contribution in [-0.2, 0) is 14.9 Å². The molecule has 0 aliphatic carbocycles. The molecule has 0 saturated carbocycles. The molecule has 0 aromatic heterocycles. The van der Waals surface area contributed by atoms with Gasteiger partial charge in [-0.1, -0.05) is 18.7 Å². The highest BCUT2D eigenvalue weighted by Gasteiger charge is 2.27. The van der Waals surface area contributed by atoms with Gasteiger partial charge in [-0.05, 0) is 12.3 Å². The van der Waals surface area contributed by atoms with E-state index in [4.69, 9.17) is 0 Å². The Bertz CT molecular complexity index is 287. The van der Waals surface area contributed by atoms with Crippen LogP contribution in [0.2, 0.25) is 0 Å². The van der Waals surface area contributed by atoms with Crippen molar-refractivity contribution in [1.82, 2.24) is 4.89 Å². The molecule has 0 fully saturated rings. The quantitative estimate of drug-likeness (QED) is 0.713. The maximum absolute atomic E-state index is 11.7. The van der Waals surface area contributed by atoms with Crippen molar-refractivity contribution in [2.45, 2.75) is 32.9 Å². The van der Waals surface area contributed by atoms with Crippen molar-refractivity contribution in [3.63, 3.8) is 0 Å². The van der Waals surface area contributed by atoms with Crippen molar-refractivity contribution < 1.29 is 26.4 Å². The largest absolute Gasteiger partial charge is 0.389 e. The minimum atomic E-state index is -4.33. The highest BCUT2D eigenvalue weighted by Crippen LogP contribution is 2.21. The fourth-order valence-electron chi connectivity index (χ4n) is 0.795. The Hall–Kier alpha value is -0.340. The number of alkyl halides is 3. The van der Waals surface area contributed by atoms with Crippen LogP contribution in [0.5, 0.6) is 0 Å². The van der Waals surface area contributed by atoms with E-state index in [0.717, 1.165) is 0 Å². The van der Waals surface area contributed by atoms with E-state index in [1.165, 1.54) is 0 Å². The van der Waals surface area contributed by atoms with Gasteiger partial charge in [0.05, 0.1) is 12.4 Å². The normalized spacial score (nSPS) is 13.4. The van der Waals surface area contributed by atoms with Gasteiger partial charge in [0.15, 0.2) is 0 Å². The third-order valence-electron chi connectivity index (χ3n) is 1.48. The molecule has 0 aromatic carbocycles. The van der Waals surface area contributed by atoms with Crippen molar-refractivity contribution in [2.75, 3.05) is 12.4 Å². The summed E-state index contributed by atoms with van der Waals surface area (Å²) in [6.07, 6.45) is -5.91. The SMILES string of the molecule is CC(C)CONS(=O)(=O)CCCC(F)(F)F. The average Bonchev–Trinajstić information content (AvgIpc) is 1.99. The first-order valence-electron chi connectivity index (χ1n) is 4.80. The summed E-state index contributed by atoms with van der Waals surface area (Å²) in [6, 6.07) is 0. The molecule has 0 rings (SSSR count). The van der Waals surface area contributed by atoms with Crippen LogP contribution in [0.1, 0.15) is 26.7 Å². The molecule has 98 valence electrons. The first-order chi connectivity index (χ1) is 7.12. The van der Waals surface area contributed by atoms with Crippen LogP contribution in [0.4, 0.5) is 13.2 Å². The van der Waals surface area contributed by atoms with E-state index >= 15 is 0 Å². The zero-order chi connectivity index (χ0) is 12.8. The monoisotopic (exact) mass is 263 g/mol. The maximum atomic E-state index is 11.7.